The van der Waals surface area contributed by atoms with E-state index in [1.165, 1.54) is 11.8 Å². The first kappa shape index (κ1) is 12.2. The lowest BCUT2D eigenvalue weighted by molar-refractivity contribution is -0.137. The summed E-state index contributed by atoms with van der Waals surface area (Å²) in [6, 6.07) is 1.85. The molecule has 1 aromatic heterocycles. The fourth-order valence-corrected chi connectivity index (χ4v) is 1.83. The molecule has 1 aromatic rings. The molecule has 0 aliphatic heterocycles. The van der Waals surface area contributed by atoms with E-state index in [2.05, 4.69) is 4.98 Å². The summed E-state index contributed by atoms with van der Waals surface area (Å²) in [6.07, 6.45) is -4.37. The number of alkyl halides is 3. The molecule has 0 aliphatic carbocycles. The Morgan fingerprint density at radius 2 is 1.93 bits per heavy atom. The van der Waals surface area contributed by atoms with Crippen LogP contribution in [0.4, 0.5) is 19.0 Å². The number of nitrogens with two attached hydrogens (primary N) is 1. The minimum Gasteiger partial charge on any atom is -0.384 e. The van der Waals surface area contributed by atoms with Crippen LogP contribution in [-0.4, -0.2) is 10.2 Å². The highest BCUT2D eigenvalue weighted by Gasteiger charge is 2.31. The maximum atomic E-state index is 12.4. The number of rotatable bonds is 2. The SMILES string of the molecule is CC(C)Sc1cc(C(F)(F)F)cc(N)n1. The molecule has 2 nitrogen and oxygen atoms in total. The minimum absolute atomic E-state index is 0.104. The molecule has 15 heavy (non-hydrogen) atoms. The summed E-state index contributed by atoms with van der Waals surface area (Å²) in [5.74, 6) is -0.104. The van der Waals surface area contributed by atoms with Crippen molar-refractivity contribution in [2.24, 2.45) is 0 Å². The first-order valence-corrected chi connectivity index (χ1v) is 5.18. The second kappa shape index (κ2) is 4.30. The predicted molar refractivity (Wildman–Crippen MR) is 54.6 cm³/mol. The van der Waals surface area contributed by atoms with Gasteiger partial charge in [0.25, 0.3) is 0 Å². The monoisotopic (exact) mass is 236 g/mol. The van der Waals surface area contributed by atoms with Crippen molar-refractivity contribution >= 4 is 17.6 Å². The van der Waals surface area contributed by atoms with Crippen molar-refractivity contribution in [3.8, 4) is 0 Å². The first-order valence-electron chi connectivity index (χ1n) is 4.30. The van der Waals surface area contributed by atoms with Gasteiger partial charge in [0.1, 0.15) is 5.82 Å². The Balaban J connectivity index is 3.06. The third kappa shape index (κ3) is 3.62. The third-order valence-corrected chi connectivity index (χ3v) is 2.43. The number of halogens is 3. The Morgan fingerprint density at radius 3 is 2.40 bits per heavy atom. The molecule has 0 atom stereocenters. The van der Waals surface area contributed by atoms with Gasteiger partial charge in [0.05, 0.1) is 10.6 Å². The van der Waals surface area contributed by atoms with Crippen molar-refractivity contribution in [3.05, 3.63) is 17.7 Å². The van der Waals surface area contributed by atoms with Gasteiger partial charge in [-0.3, -0.25) is 0 Å². The van der Waals surface area contributed by atoms with Crippen molar-refractivity contribution in [2.75, 3.05) is 5.73 Å². The second-order valence-electron chi connectivity index (χ2n) is 3.28. The largest absolute Gasteiger partial charge is 0.416 e. The summed E-state index contributed by atoms with van der Waals surface area (Å²) in [4.78, 5) is 3.83. The molecule has 1 heterocycles. The minimum atomic E-state index is -4.37. The van der Waals surface area contributed by atoms with Gasteiger partial charge in [0.15, 0.2) is 0 Å². The molecular formula is C9H11F3N2S. The van der Waals surface area contributed by atoms with Gasteiger partial charge in [-0.15, -0.1) is 11.8 Å². The summed E-state index contributed by atoms with van der Waals surface area (Å²) in [6.45, 7) is 3.76. The van der Waals surface area contributed by atoms with Gasteiger partial charge in [0, 0.05) is 5.25 Å². The van der Waals surface area contributed by atoms with E-state index in [0.717, 1.165) is 12.1 Å². The summed E-state index contributed by atoms with van der Waals surface area (Å²) in [5.41, 5.74) is 4.56. The van der Waals surface area contributed by atoms with E-state index in [1.807, 2.05) is 13.8 Å². The number of hydrogen-bond donors (Lipinski definition) is 1. The topological polar surface area (TPSA) is 38.9 Å². The van der Waals surface area contributed by atoms with Crippen LogP contribution in [0.2, 0.25) is 0 Å². The first-order chi connectivity index (χ1) is 6.79. The summed E-state index contributed by atoms with van der Waals surface area (Å²) < 4.78 is 37.2. The van der Waals surface area contributed by atoms with Gasteiger partial charge in [-0.25, -0.2) is 4.98 Å². The Labute approximate surface area is 90.1 Å². The van der Waals surface area contributed by atoms with Crippen LogP contribution in [0.25, 0.3) is 0 Å². The molecule has 0 bridgehead atoms. The molecule has 1 rings (SSSR count). The maximum Gasteiger partial charge on any atom is 0.416 e. The van der Waals surface area contributed by atoms with E-state index in [4.69, 9.17) is 5.73 Å². The number of aromatic nitrogens is 1. The highest BCUT2D eigenvalue weighted by atomic mass is 32.2. The van der Waals surface area contributed by atoms with Gasteiger partial charge in [-0.2, -0.15) is 13.2 Å². The van der Waals surface area contributed by atoms with Gasteiger partial charge >= 0.3 is 6.18 Å². The van der Waals surface area contributed by atoms with Crippen LogP contribution in [0.5, 0.6) is 0 Å². The fraction of sp³-hybridized carbons (Fsp3) is 0.444. The Hall–Kier alpha value is -0.910. The van der Waals surface area contributed by atoms with Gasteiger partial charge in [-0.1, -0.05) is 13.8 Å². The Morgan fingerprint density at radius 1 is 1.33 bits per heavy atom. The van der Waals surface area contributed by atoms with Crippen molar-refractivity contribution in [2.45, 2.75) is 30.3 Å². The average molecular weight is 236 g/mol. The number of nitrogen functional groups attached to an aromatic ring is 1. The molecule has 0 fully saturated rings. The molecule has 0 unspecified atom stereocenters. The van der Waals surface area contributed by atoms with Gasteiger partial charge in [0.2, 0.25) is 0 Å². The van der Waals surface area contributed by atoms with Gasteiger partial charge in [-0.05, 0) is 12.1 Å². The van der Waals surface area contributed by atoms with Crippen LogP contribution in [0.3, 0.4) is 0 Å². The number of pyridine rings is 1. The zero-order valence-electron chi connectivity index (χ0n) is 8.30. The van der Waals surface area contributed by atoms with E-state index in [9.17, 15) is 13.2 Å². The molecule has 2 N–H and O–H groups in total. The molecule has 0 aromatic carbocycles. The molecular weight excluding hydrogens is 225 g/mol. The van der Waals surface area contributed by atoms with Crippen LogP contribution in [0.15, 0.2) is 17.2 Å². The van der Waals surface area contributed by atoms with E-state index >= 15 is 0 Å². The van der Waals surface area contributed by atoms with E-state index in [0.29, 0.717) is 5.03 Å². The number of hydrogen-bond acceptors (Lipinski definition) is 3. The number of anilines is 1. The van der Waals surface area contributed by atoms with Crippen LogP contribution in [0.1, 0.15) is 19.4 Å². The van der Waals surface area contributed by atoms with Gasteiger partial charge < -0.3 is 5.73 Å². The fourth-order valence-electron chi connectivity index (χ4n) is 0.991. The molecule has 84 valence electrons. The predicted octanol–water partition coefficient (Wildman–Crippen LogP) is 3.18. The Kier molecular flexibility index (Phi) is 3.49. The van der Waals surface area contributed by atoms with E-state index in [1.54, 1.807) is 0 Å². The van der Waals surface area contributed by atoms with Crippen molar-refractivity contribution in [1.29, 1.82) is 0 Å². The highest BCUT2D eigenvalue weighted by molar-refractivity contribution is 7.99. The van der Waals surface area contributed by atoms with Crippen molar-refractivity contribution in [3.63, 3.8) is 0 Å². The molecule has 0 amide bonds. The molecule has 6 heteroatoms. The van der Waals surface area contributed by atoms with E-state index < -0.39 is 11.7 Å². The van der Waals surface area contributed by atoms with Crippen molar-refractivity contribution in [1.82, 2.24) is 4.98 Å². The van der Waals surface area contributed by atoms with Crippen LogP contribution >= 0.6 is 11.8 Å². The number of thioether (sulfide) groups is 1. The third-order valence-electron chi connectivity index (χ3n) is 1.51. The summed E-state index contributed by atoms with van der Waals surface area (Å²) in [5, 5.41) is 0.470. The summed E-state index contributed by atoms with van der Waals surface area (Å²) >= 11 is 1.25. The van der Waals surface area contributed by atoms with Crippen molar-refractivity contribution < 1.29 is 13.2 Å². The zero-order chi connectivity index (χ0) is 11.6. The average Bonchev–Trinajstić information content (AvgIpc) is 1.99. The molecule has 0 spiro atoms. The normalized spacial score (nSPS) is 12.1. The lowest BCUT2D eigenvalue weighted by Gasteiger charge is -2.10. The zero-order valence-corrected chi connectivity index (χ0v) is 9.12. The maximum absolute atomic E-state index is 12.4. The quantitative estimate of drug-likeness (QED) is 0.801. The van der Waals surface area contributed by atoms with Crippen LogP contribution in [0, 0.1) is 0 Å². The van der Waals surface area contributed by atoms with Crippen LogP contribution < -0.4 is 5.73 Å². The Bertz CT molecular complexity index is 350. The summed E-state index contributed by atoms with van der Waals surface area (Å²) in [7, 11) is 0. The van der Waals surface area contributed by atoms with E-state index in [-0.39, 0.29) is 11.1 Å². The highest BCUT2D eigenvalue weighted by Crippen LogP contribution is 2.33. The molecule has 0 radical (unpaired) electrons. The standard InChI is InChI=1S/C9H11F3N2S/c1-5(2)15-8-4-6(9(10,11)12)3-7(13)14-8/h3-5H,1-2H3,(H2,13,14). The lowest BCUT2D eigenvalue weighted by Crippen LogP contribution is -2.07. The smallest absolute Gasteiger partial charge is 0.384 e. The second-order valence-corrected chi connectivity index (χ2v) is 4.88. The molecule has 0 saturated heterocycles. The molecule has 0 saturated carbocycles. The lowest BCUT2D eigenvalue weighted by atomic mass is 10.2. The number of nitrogens with zero attached hydrogens (tertiary/aromatic N) is 1. The van der Waals surface area contributed by atoms with Crippen LogP contribution in [-0.2, 0) is 6.18 Å². The molecule has 0 aliphatic rings.